The second-order valence-corrected chi connectivity index (χ2v) is 9.84. The molecule has 2 aromatic carbocycles. The summed E-state index contributed by atoms with van der Waals surface area (Å²) in [7, 11) is 0. The van der Waals surface area contributed by atoms with E-state index >= 15 is 0 Å². The number of phenols is 2. The Balaban J connectivity index is 1.12. The molecule has 0 saturated heterocycles. The molecule has 4 aromatic rings. The van der Waals surface area contributed by atoms with Crippen LogP contribution in [0.5, 0.6) is 11.5 Å². The molecule has 9 nitrogen and oxygen atoms in total. The van der Waals surface area contributed by atoms with E-state index in [2.05, 4.69) is 52.5 Å². The van der Waals surface area contributed by atoms with Crippen molar-refractivity contribution >= 4 is 31.9 Å². The van der Waals surface area contributed by atoms with Gasteiger partial charge < -0.3 is 14.9 Å². The molecule has 0 fully saturated rings. The predicted molar refractivity (Wildman–Crippen MR) is 137 cm³/mol. The first-order chi connectivity index (χ1) is 17.0. The fraction of sp³-hybridized carbons (Fsp3) is 0.333. The minimum absolute atomic E-state index is 0.237. The second kappa shape index (κ2) is 12.3. The monoisotopic (exact) mass is 604 g/mol. The number of halogens is 2. The summed E-state index contributed by atoms with van der Waals surface area (Å²) in [5.41, 5.74) is 4.01. The molecule has 2 aromatic heterocycles. The van der Waals surface area contributed by atoms with Crippen molar-refractivity contribution in [2.45, 2.75) is 38.8 Å². The molecule has 11 heteroatoms. The molecule has 0 radical (unpaired) electrons. The maximum Gasteiger partial charge on any atom is 0.129 e. The summed E-state index contributed by atoms with van der Waals surface area (Å²) < 4.78 is 10.8. The van der Waals surface area contributed by atoms with Crippen molar-refractivity contribution in [1.82, 2.24) is 30.0 Å². The lowest BCUT2D eigenvalue weighted by molar-refractivity contribution is 0.139. The van der Waals surface area contributed by atoms with Gasteiger partial charge in [0.15, 0.2) is 0 Å². The number of hydrogen-bond donors (Lipinski definition) is 2. The van der Waals surface area contributed by atoms with Crippen LogP contribution in [0, 0.1) is 0 Å². The van der Waals surface area contributed by atoms with Crippen molar-refractivity contribution < 1.29 is 14.9 Å². The van der Waals surface area contributed by atoms with Crippen LogP contribution in [0.25, 0.3) is 0 Å². The van der Waals surface area contributed by atoms with Crippen LogP contribution in [0.3, 0.4) is 0 Å². The first-order valence-corrected chi connectivity index (χ1v) is 12.9. The summed E-state index contributed by atoms with van der Waals surface area (Å²) in [4.78, 5) is 0. The molecule has 184 valence electrons. The molecule has 0 aliphatic rings. The van der Waals surface area contributed by atoms with Crippen molar-refractivity contribution in [3.63, 3.8) is 0 Å². The molecule has 4 rings (SSSR count). The number of benzene rings is 2. The van der Waals surface area contributed by atoms with E-state index in [9.17, 15) is 10.2 Å². The van der Waals surface area contributed by atoms with Gasteiger partial charge in [0, 0.05) is 38.3 Å². The highest BCUT2D eigenvalue weighted by Crippen LogP contribution is 2.25. The molecule has 0 spiro atoms. The zero-order valence-corrected chi connectivity index (χ0v) is 22.2. The van der Waals surface area contributed by atoms with Crippen molar-refractivity contribution in [2.75, 3.05) is 13.2 Å². The lowest BCUT2D eigenvalue weighted by Gasteiger charge is -2.04. The van der Waals surface area contributed by atoms with Gasteiger partial charge in [0.2, 0.25) is 0 Å². The third-order valence-corrected chi connectivity index (χ3v) is 6.73. The van der Waals surface area contributed by atoms with Crippen LogP contribution in [-0.4, -0.2) is 53.4 Å². The summed E-state index contributed by atoms with van der Waals surface area (Å²) in [6, 6.07) is 11.0. The van der Waals surface area contributed by atoms with Crippen LogP contribution < -0.4 is 0 Å². The van der Waals surface area contributed by atoms with Crippen LogP contribution >= 0.6 is 31.9 Å². The van der Waals surface area contributed by atoms with E-state index in [-0.39, 0.29) is 11.5 Å². The van der Waals surface area contributed by atoms with Crippen molar-refractivity contribution in [3.8, 4) is 11.5 Å². The SMILES string of the molecule is Oc1ccc(CCn2cc(CCOCCc3cn(CCc4ccc(O)c(Br)c4)nn3)nn2)cc1Br. The van der Waals surface area contributed by atoms with E-state index in [1.807, 2.05) is 46.0 Å². The number of nitrogens with zero attached hydrogens (tertiary/aromatic N) is 6. The average molecular weight is 606 g/mol. The van der Waals surface area contributed by atoms with Crippen LogP contribution in [0.2, 0.25) is 0 Å². The third kappa shape index (κ3) is 7.61. The Morgan fingerprint density at radius 3 is 1.57 bits per heavy atom. The second-order valence-electron chi connectivity index (χ2n) is 8.13. The molecule has 0 amide bonds. The molecular weight excluding hydrogens is 580 g/mol. The Morgan fingerprint density at radius 1 is 0.686 bits per heavy atom. The Kier molecular flexibility index (Phi) is 8.89. The van der Waals surface area contributed by atoms with Gasteiger partial charge in [-0.15, -0.1) is 10.2 Å². The zero-order chi connectivity index (χ0) is 24.6. The smallest absolute Gasteiger partial charge is 0.129 e. The van der Waals surface area contributed by atoms with E-state index in [0.717, 1.165) is 35.4 Å². The van der Waals surface area contributed by atoms with E-state index in [0.29, 0.717) is 48.1 Å². The Morgan fingerprint density at radius 2 is 1.14 bits per heavy atom. The summed E-state index contributed by atoms with van der Waals surface area (Å²) in [5.74, 6) is 0.473. The van der Waals surface area contributed by atoms with Gasteiger partial charge in [0.25, 0.3) is 0 Å². The Hall–Kier alpha value is -2.76. The van der Waals surface area contributed by atoms with Crippen LogP contribution in [0.15, 0.2) is 57.7 Å². The summed E-state index contributed by atoms with van der Waals surface area (Å²) in [5, 5.41) is 36.0. The molecule has 0 atom stereocenters. The summed E-state index contributed by atoms with van der Waals surface area (Å²) >= 11 is 6.68. The number of aryl methyl sites for hydroxylation is 4. The van der Waals surface area contributed by atoms with Gasteiger partial charge in [-0.2, -0.15) is 0 Å². The molecule has 2 N–H and O–H groups in total. The van der Waals surface area contributed by atoms with Crippen molar-refractivity contribution in [3.05, 3.63) is 80.3 Å². The number of ether oxygens (including phenoxy) is 1. The maximum atomic E-state index is 9.59. The molecule has 0 aliphatic carbocycles. The topological polar surface area (TPSA) is 111 Å². The standard InChI is InChI=1S/C24H26Br2N6O3/c25-21-13-17(1-3-23(21)33)5-9-31-15-19(27-29-31)7-11-35-12-8-20-16-32(30-28-20)10-6-18-2-4-24(34)22(26)14-18/h1-4,13-16,33-34H,5-12H2. The number of aromatic nitrogens is 6. The van der Waals surface area contributed by atoms with Gasteiger partial charge in [-0.1, -0.05) is 22.6 Å². The normalized spacial score (nSPS) is 11.3. The fourth-order valence-corrected chi connectivity index (χ4v) is 4.33. The quantitative estimate of drug-likeness (QED) is 0.234. The van der Waals surface area contributed by atoms with E-state index in [1.165, 1.54) is 0 Å². The molecule has 35 heavy (non-hydrogen) atoms. The van der Waals surface area contributed by atoms with Gasteiger partial charge in [0.1, 0.15) is 11.5 Å². The lowest BCUT2D eigenvalue weighted by Crippen LogP contribution is -2.04. The number of phenolic OH excluding ortho intramolecular Hbond substituents is 2. The van der Waals surface area contributed by atoms with Crippen LogP contribution in [0.4, 0.5) is 0 Å². The molecule has 0 unspecified atom stereocenters. The van der Waals surface area contributed by atoms with Gasteiger partial charge in [-0.3, -0.25) is 9.36 Å². The highest BCUT2D eigenvalue weighted by Gasteiger charge is 2.06. The Labute approximate surface area is 220 Å². The van der Waals surface area contributed by atoms with Crippen molar-refractivity contribution in [2.24, 2.45) is 0 Å². The minimum Gasteiger partial charge on any atom is -0.507 e. The molecule has 0 bridgehead atoms. The largest absolute Gasteiger partial charge is 0.507 e. The van der Waals surface area contributed by atoms with Gasteiger partial charge in [0.05, 0.1) is 33.5 Å². The van der Waals surface area contributed by atoms with E-state index in [1.54, 1.807) is 12.1 Å². The number of hydrogen-bond acceptors (Lipinski definition) is 7. The van der Waals surface area contributed by atoms with Gasteiger partial charge >= 0.3 is 0 Å². The molecule has 0 saturated carbocycles. The molecular formula is C24H26Br2N6O3. The molecule has 2 heterocycles. The first-order valence-electron chi connectivity index (χ1n) is 11.3. The van der Waals surface area contributed by atoms with Gasteiger partial charge in [-0.05, 0) is 80.1 Å². The van der Waals surface area contributed by atoms with Crippen LogP contribution in [-0.2, 0) is 43.5 Å². The minimum atomic E-state index is 0.237. The average Bonchev–Trinajstić information content (AvgIpc) is 3.50. The highest BCUT2D eigenvalue weighted by molar-refractivity contribution is 9.10. The Bertz CT molecular complexity index is 1160. The van der Waals surface area contributed by atoms with E-state index in [4.69, 9.17) is 4.74 Å². The lowest BCUT2D eigenvalue weighted by atomic mass is 10.1. The zero-order valence-electron chi connectivity index (χ0n) is 19.0. The summed E-state index contributed by atoms with van der Waals surface area (Å²) in [6.07, 6.45) is 6.87. The van der Waals surface area contributed by atoms with E-state index < -0.39 is 0 Å². The first kappa shape index (κ1) is 25.3. The molecule has 0 aliphatic heterocycles. The third-order valence-electron chi connectivity index (χ3n) is 5.46. The number of aromatic hydroxyl groups is 2. The van der Waals surface area contributed by atoms with Gasteiger partial charge in [-0.25, -0.2) is 0 Å². The van der Waals surface area contributed by atoms with Crippen molar-refractivity contribution in [1.29, 1.82) is 0 Å². The highest BCUT2D eigenvalue weighted by atomic mass is 79.9. The maximum absolute atomic E-state index is 9.59. The summed E-state index contributed by atoms with van der Waals surface area (Å²) in [6.45, 7) is 2.55. The van der Waals surface area contributed by atoms with Crippen LogP contribution in [0.1, 0.15) is 22.5 Å². The predicted octanol–water partition coefficient (Wildman–Crippen LogP) is 4.09. The fourth-order valence-electron chi connectivity index (χ4n) is 3.48. The number of rotatable bonds is 12.